The number of carbonyl (C=O) groups is 11. The Morgan fingerprint density at radius 2 is 0.897 bits per heavy atom. The second-order valence-electron chi connectivity index (χ2n) is 16.9. The molecule has 68 heavy (non-hydrogen) atoms. The SMILES string of the molecule is CC[C@H](C)[C@H](NC(=O)[C@H](CO)NC(=O)[C@H](CO)NC(=O)[C@H](CC(C)C)NC(=O)[C@@H](N)CCCCN)C(=O)N[C@@H](CCC(=O)O)C(=O)N[C@@H](CO)C(=O)N[C@@H](CC(=O)O)C(=O)N[C@H](C(=O)O)C(C)C. The van der Waals surface area contributed by atoms with E-state index in [1.54, 1.807) is 20.8 Å². The van der Waals surface area contributed by atoms with E-state index in [1.165, 1.54) is 20.8 Å². The lowest BCUT2D eigenvalue weighted by Crippen LogP contribution is -2.62. The Kier molecular flexibility index (Phi) is 29.0. The topological polar surface area (TPSA) is 457 Å². The van der Waals surface area contributed by atoms with Crippen molar-refractivity contribution in [3.05, 3.63) is 0 Å². The fourth-order valence-electron chi connectivity index (χ4n) is 6.20. The number of hydrogen-bond acceptors (Lipinski definition) is 16. The van der Waals surface area contributed by atoms with Crippen LogP contribution in [0.5, 0.6) is 0 Å². The molecule has 0 fully saturated rings. The number of carbonyl (C=O) groups excluding carboxylic acids is 8. The van der Waals surface area contributed by atoms with Crippen molar-refractivity contribution in [2.45, 2.75) is 147 Å². The van der Waals surface area contributed by atoms with Crippen molar-refractivity contribution in [3.8, 4) is 0 Å². The van der Waals surface area contributed by atoms with Gasteiger partial charge in [0.25, 0.3) is 0 Å². The number of amides is 8. The second kappa shape index (κ2) is 31.9. The maximum atomic E-state index is 13.8. The number of aliphatic hydroxyl groups is 3. The first kappa shape index (κ1) is 62.0. The van der Waals surface area contributed by atoms with Crippen molar-refractivity contribution in [3.63, 3.8) is 0 Å². The Hall–Kier alpha value is -6.03. The first-order valence-corrected chi connectivity index (χ1v) is 22.2. The van der Waals surface area contributed by atoms with Crippen LogP contribution in [0.15, 0.2) is 0 Å². The van der Waals surface area contributed by atoms with Gasteiger partial charge in [0.1, 0.15) is 48.3 Å². The van der Waals surface area contributed by atoms with Gasteiger partial charge in [0, 0.05) is 6.42 Å². The zero-order valence-corrected chi connectivity index (χ0v) is 39.2. The first-order valence-electron chi connectivity index (χ1n) is 22.2. The number of nitrogens with two attached hydrogens (primary N) is 2. The largest absolute Gasteiger partial charge is 0.481 e. The molecular formula is C41H72N10O17. The van der Waals surface area contributed by atoms with Gasteiger partial charge in [0.2, 0.25) is 47.3 Å². The highest BCUT2D eigenvalue weighted by Gasteiger charge is 2.37. The minimum absolute atomic E-state index is 0.107. The Balaban J connectivity index is 6.25. The summed E-state index contributed by atoms with van der Waals surface area (Å²) in [5, 5.41) is 76.2. The normalized spacial score (nSPS) is 15.6. The van der Waals surface area contributed by atoms with Crippen molar-refractivity contribution in [2.75, 3.05) is 26.4 Å². The molecule has 388 valence electrons. The van der Waals surface area contributed by atoms with E-state index in [0.717, 1.165) is 0 Å². The van der Waals surface area contributed by atoms with Crippen molar-refractivity contribution in [1.29, 1.82) is 0 Å². The molecule has 0 aliphatic rings. The maximum absolute atomic E-state index is 13.8. The number of aliphatic hydroxyl groups excluding tert-OH is 3. The van der Waals surface area contributed by atoms with Gasteiger partial charge in [-0.15, -0.1) is 0 Å². The lowest BCUT2D eigenvalue weighted by atomic mass is 9.97. The Bertz CT molecular complexity index is 1730. The van der Waals surface area contributed by atoms with Crippen molar-refractivity contribution >= 4 is 65.2 Å². The van der Waals surface area contributed by atoms with Gasteiger partial charge in [-0.1, -0.05) is 54.4 Å². The van der Waals surface area contributed by atoms with Gasteiger partial charge in [-0.05, 0) is 50.0 Å². The van der Waals surface area contributed by atoms with Gasteiger partial charge in [0.15, 0.2) is 0 Å². The van der Waals surface area contributed by atoms with E-state index in [-0.39, 0.29) is 18.8 Å². The summed E-state index contributed by atoms with van der Waals surface area (Å²) in [5.41, 5.74) is 11.5. The van der Waals surface area contributed by atoms with E-state index in [0.29, 0.717) is 25.8 Å². The van der Waals surface area contributed by atoms with Gasteiger partial charge in [-0.25, -0.2) is 4.79 Å². The Labute approximate surface area is 393 Å². The van der Waals surface area contributed by atoms with E-state index in [2.05, 4.69) is 37.2 Å². The zero-order chi connectivity index (χ0) is 52.4. The van der Waals surface area contributed by atoms with Gasteiger partial charge >= 0.3 is 17.9 Å². The quantitative estimate of drug-likeness (QED) is 0.0267. The molecule has 0 saturated heterocycles. The lowest BCUT2D eigenvalue weighted by molar-refractivity contribution is -0.145. The third-order valence-electron chi connectivity index (χ3n) is 10.4. The average Bonchev–Trinajstić information content (AvgIpc) is 3.26. The summed E-state index contributed by atoms with van der Waals surface area (Å²) in [6, 6.07) is -14.4. The van der Waals surface area contributed by atoms with Crippen molar-refractivity contribution in [1.82, 2.24) is 42.5 Å². The average molecular weight is 977 g/mol. The second-order valence-corrected chi connectivity index (χ2v) is 16.9. The standard InChI is InChI=1S/C41H72N10O17/c1-7-21(6)32(51-39(65)28(18-54)49-38(64)27(17-53)48-35(61)24(14-19(2)3)45-33(59)22(43)10-8-9-13-42)40(66)44-23(11-12-29(55)56)34(60)47-26(16-52)37(63)46-25(15-30(57)58)36(62)50-31(20(4)5)41(67)68/h19-28,31-32,52-54H,7-18,42-43H2,1-6H3,(H,44,66)(H,45,59)(H,46,63)(H,47,60)(H,48,61)(H,49,64)(H,50,62)(H,51,65)(H,55,56)(H,57,58)(H,67,68)/t21-,22-,23-,24-,25-,26-,27-,28-,31-,32-/m0/s1. The van der Waals surface area contributed by atoms with Crippen LogP contribution in [0.25, 0.3) is 0 Å². The molecule has 0 aromatic rings. The Morgan fingerprint density at radius 1 is 0.485 bits per heavy atom. The van der Waals surface area contributed by atoms with Crippen LogP contribution in [0.4, 0.5) is 0 Å². The summed E-state index contributed by atoms with van der Waals surface area (Å²) in [5.74, 6) is -14.8. The third-order valence-corrected chi connectivity index (χ3v) is 10.4. The lowest BCUT2D eigenvalue weighted by Gasteiger charge is -2.29. The number of aliphatic carboxylic acids is 3. The highest BCUT2D eigenvalue weighted by Crippen LogP contribution is 2.12. The van der Waals surface area contributed by atoms with E-state index >= 15 is 0 Å². The van der Waals surface area contributed by atoms with Crippen LogP contribution in [-0.4, -0.2) is 177 Å². The molecule has 0 aromatic carbocycles. The van der Waals surface area contributed by atoms with Crippen LogP contribution >= 0.6 is 0 Å². The molecule has 27 heteroatoms. The molecule has 0 aliphatic heterocycles. The number of hydrogen-bond donors (Lipinski definition) is 16. The smallest absolute Gasteiger partial charge is 0.326 e. The fourth-order valence-corrected chi connectivity index (χ4v) is 6.20. The highest BCUT2D eigenvalue weighted by atomic mass is 16.4. The molecule has 27 nitrogen and oxygen atoms in total. The summed E-state index contributed by atoms with van der Waals surface area (Å²) in [4.78, 5) is 141. The molecule has 8 amide bonds. The van der Waals surface area contributed by atoms with E-state index in [4.69, 9.17) is 11.5 Å². The van der Waals surface area contributed by atoms with Crippen LogP contribution < -0.4 is 54.0 Å². The summed E-state index contributed by atoms with van der Waals surface area (Å²) in [7, 11) is 0. The van der Waals surface area contributed by atoms with Crippen LogP contribution in [-0.2, 0) is 52.7 Å². The number of carboxylic acid groups (broad SMARTS) is 3. The van der Waals surface area contributed by atoms with Crippen LogP contribution in [0.2, 0.25) is 0 Å². The predicted molar refractivity (Wildman–Crippen MR) is 238 cm³/mol. The van der Waals surface area contributed by atoms with Crippen molar-refractivity contribution in [2.24, 2.45) is 29.2 Å². The third kappa shape index (κ3) is 22.6. The predicted octanol–water partition coefficient (Wildman–Crippen LogP) is -5.53. The molecular weight excluding hydrogens is 905 g/mol. The highest BCUT2D eigenvalue weighted by molar-refractivity contribution is 5.98. The molecule has 0 bridgehead atoms. The number of unbranched alkanes of at least 4 members (excludes halogenated alkanes) is 1. The van der Waals surface area contributed by atoms with Gasteiger partial charge < -0.3 is 84.6 Å². The monoisotopic (exact) mass is 977 g/mol. The van der Waals surface area contributed by atoms with Crippen LogP contribution in [0.1, 0.15) is 92.9 Å². The molecule has 0 aromatic heterocycles. The molecule has 18 N–H and O–H groups in total. The summed E-state index contributed by atoms with van der Waals surface area (Å²) in [6.45, 7) is 6.69. The molecule has 10 atom stereocenters. The number of carboxylic acids is 3. The van der Waals surface area contributed by atoms with Crippen LogP contribution in [0, 0.1) is 17.8 Å². The van der Waals surface area contributed by atoms with Gasteiger partial charge in [-0.2, -0.15) is 0 Å². The van der Waals surface area contributed by atoms with Crippen LogP contribution in [0.3, 0.4) is 0 Å². The van der Waals surface area contributed by atoms with Crippen molar-refractivity contribution < 1.29 is 83.4 Å². The molecule has 0 saturated carbocycles. The summed E-state index contributed by atoms with van der Waals surface area (Å²) in [6.07, 6.45) is -0.660. The first-order chi connectivity index (χ1) is 31.8. The van der Waals surface area contributed by atoms with E-state index in [1.807, 2.05) is 5.32 Å². The van der Waals surface area contributed by atoms with Gasteiger partial charge in [0.05, 0.1) is 32.3 Å². The zero-order valence-electron chi connectivity index (χ0n) is 39.2. The van der Waals surface area contributed by atoms with E-state index in [9.17, 15) is 83.4 Å². The number of nitrogens with one attached hydrogen (secondary N) is 8. The van der Waals surface area contributed by atoms with Gasteiger partial charge in [-0.3, -0.25) is 47.9 Å². The maximum Gasteiger partial charge on any atom is 0.326 e. The minimum Gasteiger partial charge on any atom is -0.481 e. The molecule has 0 radical (unpaired) electrons. The molecule has 0 spiro atoms. The van der Waals surface area contributed by atoms with E-state index < -0.39 is 170 Å². The Morgan fingerprint density at radius 3 is 1.31 bits per heavy atom. The molecule has 0 rings (SSSR count). The summed E-state index contributed by atoms with van der Waals surface area (Å²) >= 11 is 0. The molecule has 0 unspecified atom stereocenters. The molecule has 0 heterocycles. The molecule has 0 aliphatic carbocycles. The fraction of sp³-hybridized carbons (Fsp3) is 0.732. The summed E-state index contributed by atoms with van der Waals surface area (Å²) < 4.78 is 0. The minimum atomic E-state index is -1.95. The number of rotatable bonds is 34.